The largest absolute Gasteiger partial charge is 0.480 e. The molecule has 0 radical (unpaired) electrons. The lowest BCUT2D eigenvalue weighted by molar-refractivity contribution is -0.165. The van der Waals surface area contributed by atoms with Gasteiger partial charge in [0.15, 0.2) is 0 Å². The zero-order chi connectivity index (χ0) is 43.2. The summed E-state index contributed by atoms with van der Waals surface area (Å²) in [5, 5.41) is 11.4. The normalized spacial score (nSPS) is 13.3. The Balaban J connectivity index is 6.97. The van der Waals surface area contributed by atoms with Gasteiger partial charge in [0.1, 0.15) is 40.6 Å². The smallest absolute Gasteiger partial charge is 0.324 e. The fourth-order valence-electron chi connectivity index (χ4n) is 4.77. The zero-order valence-electron chi connectivity index (χ0n) is 35.8. The van der Waals surface area contributed by atoms with Gasteiger partial charge in [-0.15, -0.1) is 0 Å². The van der Waals surface area contributed by atoms with Crippen LogP contribution in [0, 0.1) is 0 Å². The van der Waals surface area contributed by atoms with Crippen LogP contribution in [0.15, 0.2) is 0 Å². The number of aliphatic carboxylic acids is 1. The number of nitrogens with zero attached hydrogens (tertiary/aromatic N) is 3. The molecule has 2 N–H and O–H groups in total. The van der Waals surface area contributed by atoms with Gasteiger partial charge in [0, 0.05) is 26.2 Å². The number of carbonyl (C=O) groups excluding carboxylic acids is 6. The zero-order valence-corrected chi connectivity index (χ0v) is 35.8. The Kier molecular flexibility index (Phi) is 20.0. The maximum atomic E-state index is 13.8. The van der Waals surface area contributed by atoms with E-state index in [1.54, 1.807) is 109 Å². The van der Waals surface area contributed by atoms with Crippen molar-refractivity contribution in [2.24, 2.45) is 0 Å². The minimum atomic E-state index is -1.32. The number of hydrogen-bond donors (Lipinski definition) is 2. The second-order valence-electron chi connectivity index (χ2n) is 18.2. The number of hydrogen-bond acceptors (Lipinski definition) is 15. The molecule has 0 saturated heterocycles. The van der Waals surface area contributed by atoms with E-state index in [2.05, 4.69) is 5.32 Å². The summed E-state index contributed by atoms with van der Waals surface area (Å²) < 4.78 is 27.7. The molecule has 0 fully saturated rings. The van der Waals surface area contributed by atoms with Crippen LogP contribution in [0.25, 0.3) is 0 Å². The Labute approximate surface area is 327 Å². The maximum Gasteiger partial charge on any atom is 0.324 e. The number of esters is 5. The lowest BCUT2D eigenvalue weighted by Crippen LogP contribution is -2.53. The molecule has 55 heavy (non-hydrogen) atoms. The number of rotatable bonds is 20. The predicted octanol–water partition coefficient (Wildman–Crippen LogP) is 2.56. The molecule has 0 rings (SSSR count). The van der Waals surface area contributed by atoms with Crippen molar-refractivity contribution in [1.29, 1.82) is 0 Å². The molecular formula is C38H68N4O13. The number of amides is 1. The second-order valence-corrected chi connectivity index (χ2v) is 18.2. The Morgan fingerprint density at radius 3 is 1.04 bits per heavy atom. The quantitative estimate of drug-likeness (QED) is 0.134. The van der Waals surface area contributed by atoms with Crippen LogP contribution < -0.4 is 5.32 Å². The van der Waals surface area contributed by atoms with E-state index in [0.717, 1.165) is 0 Å². The van der Waals surface area contributed by atoms with E-state index in [1.165, 1.54) is 9.80 Å². The molecular weight excluding hydrogens is 720 g/mol. The van der Waals surface area contributed by atoms with E-state index in [9.17, 15) is 33.6 Å². The number of carbonyl (C=O) groups is 7. The van der Waals surface area contributed by atoms with Crippen LogP contribution in [-0.2, 0) is 57.2 Å². The first-order valence-corrected chi connectivity index (χ1v) is 18.4. The van der Waals surface area contributed by atoms with Crippen molar-refractivity contribution in [1.82, 2.24) is 20.0 Å². The standard InChI is InChI=1S/C38H68N4O13/c1-34(2,3)51-29(46)22-40(23-30(47)52-35(4,5)6)16-18-42(26(33(50)55-38(13,14)15)20-27(43)39-21-28(44)45)19-17-41(24-31(48)53-36(7,8)9)25-32(49)54-37(10,11)12/h26H,16-25H2,1-15H3,(H,39,43)(H,44,45)/t26-/m0/s1. The van der Waals surface area contributed by atoms with E-state index in [-0.39, 0.29) is 52.4 Å². The second kappa shape index (κ2) is 21.5. The molecule has 0 aromatic carbocycles. The molecule has 318 valence electrons. The summed E-state index contributed by atoms with van der Waals surface area (Å²) in [6.45, 7) is 23.1. The van der Waals surface area contributed by atoms with Gasteiger partial charge in [-0.25, -0.2) is 0 Å². The minimum Gasteiger partial charge on any atom is -0.480 e. The van der Waals surface area contributed by atoms with Crippen LogP contribution in [0.4, 0.5) is 0 Å². The Hall–Kier alpha value is -3.83. The predicted molar refractivity (Wildman–Crippen MR) is 203 cm³/mol. The Bertz CT molecular complexity index is 1190. The SMILES string of the molecule is CC(C)(C)OC(=O)CN(CCN(CCN(CC(=O)OC(C)(C)C)CC(=O)OC(C)(C)C)[C@@H](CC(=O)NCC(=O)O)C(=O)OC(C)(C)C)CC(=O)OC(C)(C)C. The molecule has 0 aromatic heterocycles. The van der Waals surface area contributed by atoms with Crippen molar-refractivity contribution in [2.75, 3.05) is 58.9 Å². The highest BCUT2D eigenvalue weighted by Crippen LogP contribution is 2.17. The third kappa shape index (κ3) is 28.3. The molecule has 0 spiro atoms. The third-order valence-corrected chi connectivity index (χ3v) is 6.43. The van der Waals surface area contributed by atoms with Crippen molar-refractivity contribution in [3.63, 3.8) is 0 Å². The van der Waals surface area contributed by atoms with E-state index < -0.39 is 88.7 Å². The molecule has 0 aliphatic heterocycles. The third-order valence-electron chi connectivity index (χ3n) is 6.43. The average molecular weight is 789 g/mol. The van der Waals surface area contributed by atoms with E-state index in [0.29, 0.717) is 0 Å². The molecule has 17 heteroatoms. The Morgan fingerprint density at radius 2 is 0.782 bits per heavy atom. The van der Waals surface area contributed by atoms with E-state index in [4.69, 9.17) is 28.8 Å². The maximum absolute atomic E-state index is 13.8. The molecule has 0 aliphatic carbocycles. The number of carboxylic acid groups (broad SMARTS) is 1. The highest BCUT2D eigenvalue weighted by Gasteiger charge is 2.34. The molecule has 0 saturated carbocycles. The molecule has 0 aliphatic rings. The first-order chi connectivity index (χ1) is 24.6. The van der Waals surface area contributed by atoms with Crippen molar-refractivity contribution >= 4 is 41.7 Å². The van der Waals surface area contributed by atoms with E-state index >= 15 is 0 Å². The lowest BCUT2D eigenvalue weighted by atomic mass is 10.1. The molecule has 0 heterocycles. The minimum absolute atomic E-state index is 0.0351. The molecule has 0 bridgehead atoms. The van der Waals surface area contributed by atoms with Gasteiger partial charge in [-0.3, -0.25) is 48.3 Å². The van der Waals surface area contributed by atoms with Gasteiger partial charge in [-0.05, 0) is 104 Å². The van der Waals surface area contributed by atoms with Crippen LogP contribution in [-0.4, -0.2) is 154 Å². The highest BCUT2D eigenvalue weighted by atomic mass is 16.6. The molecule has 17 nitrogen and oxygen atoms in total. The van der Waals surface area contributed by atoms with Gasteiger partial charge in [0.05, 0.1) is 32.6 Å². The monoisotopic (exact) mass is 788 g/mol. The molecule has 0 unspecified atom stereocenters. The van der Waals surface area contributed by atoms with Crippen molar-refractivity contribution in [3.8, 4) is 0 Å². The first kappa shape index (κ1) is 51.2. The van der Waals surface area contributed by atoms with Crippen LogP contribution in [0.2, 0.25) is 0 Å². The van der Waals surface area contributed by atoms with Gasteiger partial charge in [-0.1, -0.05) is 0 Å². The van der Waals surface area contributed by atoms with Gasteiger partial charge < -0.3 is 34.1 Å². The summed E-state index contributed by atoms with van der Waals surface area (Å²) in [5.74, 6) is -5.36. The van der Waals surface area contributed by atoms with Crippen molar-refractivity contribution in [2.45, 2.75) is 144 Å². The summed E-state index contributed by atoms with van der Waals surface area (Å²) in [5.41, 5.74) is -4.28. The Morgan fingerprint density at radius 1 is 0.491 bits per heavy atom. The molecule has 0 aromatic rings. The summed E-state index contributed by atoms with van der Waals surface area (Å²) in [6.07, 6.45) is -0.529. The van der Waals surface area contributed by atoms with Crippen LogP contribution >= 0.6 is 0 Å². The number of ether oxygens (including phenoxy) is 5. The summed E-state index contributed by atoms with van der Waals surface area (Å²) in [6, 6.07) is -1.32. The lowest BCUT2D eigenvalue weighted by Gasteiger charge is -2.35. The van der Waals surface area contributed by atoms with Crippen LogP contribution in [0.1, 0.15) is 110 Å². The topological polar surface area (TPSA) is 208 Å². The van der Waals surface area contributed by atoms with Gasteiger partial charge in [0.2, 0.25) is 5.91 Å². The molecule has 1 atom stereocenters. The summed E-state index contributed by atoms with van der Waals surface area (Å²) in [4.78, 5) is 94.5. The first-order valence-electron chi connectivity index (χ1n) is 18.4. The number of carboxylic acids is 1. The fourth-order valence-corrected chi connectivity index (χ4v) is 4.77. The van der Waals surface area contributed by atoms with Crippen LogP contribution in [0.3, 0.4) is 0 Å². The summed E-state index contributed by atoms with van der Waals surface area (Å²) in [7, 11) is 0. The number of nitrogens with one attached hydrogen (secondary N) is 1. The average Bonchev–Trinajstić information content (AvgIpc) is 2.89. The van der Waals surface area contributed by atoms with Gasteiger partial charge >= 0.3 is 35.8 Å². The fraction of sp³-hybridized carbons (Fsp3) is 0.816. The van der Waals surface area contributed by atoms with E-state index in [1.807, 2.05) is 0 Å². The van der Waals surface area contributed by atoms with Gasteiger partial charge in [0.25, 0.3) is 0 Å². The van der Waals surface area contributed by atoms with Gasteiger partial charge in [-0.2, -0.15) is 0 Å². The van der Waals surface area contributed by atoms with Crippen molar-refractivity contribution in [3.05, 3.63) is 0 Å². The molecule has 1 amide bonds. The van der Waals surface area contributed by atoms with Crippen molar-refractivity contribution < 1.29 is 62.4 Å². The summed E-state index contributed by atoms with van der Waals surface area (Å²) >= 11 is 0. The highest BCUT2D eigenvalue weighted by molar-refractivity contribution is 5.87. The van der Waals surface area contributed by atoms with Crippen LogP contribution in [0.5, 0.6) is 0 Å².